The molecule has 0 radical (unpaired) electrons. The van der Waals surface area contributed by atoms with Gasteiger partial charge in [0.05, 0.1) is 5.02 Å². The number of carbonyl (C=O) groups is 1. The Morgan fingerprint density at radius 3 is 2.73 bits per heavy atom. The predicted octanol–water partition coefficient (Wildman–Crippen LogP) is 4.19. The third-order valence-electron chi connectivity index (χ3n) is 2.88. The molecule has 2 rings (SSSR count). The first-order valence-electron chi connectivity index (χ1n) is 6.92. The van der Waals surface area contributed by atoms with Gasteiger partial charge in [0.25, 0.3) is 5.91 Å². The maximum absolute atomic E-state index is 13.1. The first-order valence-corrected chi connectivity index (χ1v) is 7.30. The fraction of sp³-hybridized carbons (Fsp3) is 0.250. The van der Waals surface area contributed by atoms with Crippen LogP contribution < -0.4 is 10.6 Å². The van der Waals surface area contributed by atoms with Crippen molar-refractivity contribution in [2.24, 2.45) is 5.92 Å². The summed E-state index contributed by atoms with van der Waals surface area (Å²) in [7, 11) is 0. The summed E-state index contributed by atoms with van der Waals surface area (Å²) < 4.78 is 13.1. The van der Waals surface area contributed by atoms with Gasteiger partial charge in [0, 0.05) is 24.1 Å². The molecule has 0 fully saturated rings. The minimum absolute atomic E-state index is 0.0434. The molecule has 0 aliphatic heterocycles. The maximum Gasteiger partial charge on any atom is 0.274 e. The second kappa shape index (κ2) is 7.22. The molecule has 0 saturated heterocycles. The third kappa shape index (κ3) is 4.43. The van der Waals surface area contributed by atoms with Gasteiger partial charge >= 0.3 is 0 Å². The van der Waals surface area contributed by atoms with Crippen molar-refractivity contribution >= 4 is 28.9 Å². The zero-order valence-corrected chi connectivity index (χ0v) is 13.1. The molecule has 2 N–H and O–H groups in total. The van der Waals surface area contributed by atoms with Crippen molar-refractivity contribution in [2.75, 3.05) is 17.2 Å². The maximum atomic E-state index is 13.1. The van der Waals surface area contributed by atoms with Crippen LogP contribution in [0.2, 0.25) is 5.02 Å². The van der Waals surface area contributed by atoms with Crippen molar-refractivity contribution in [1.29, 1.82) is 0 Å². The molecule has 22 heavy (non-hydrogen) atoms. The second-order valence-corrected chi connectivity index (χ2v) is 5.69. The molecule has 2 aromatic rings. The van der Waals surface area contributed by atoms with E-state index in [0.717, 1.165) is 12.2 Å². The number of nitrogens with one attached hydrogen (secondary N) is 2. The van der Waals surface area contributed by atoms with E-state index < -0.39 is 5.82 Å². The fourth-order valence-corrected chi connectivity index (χ4v) is 1.94. The number of nitrogens with zero attached hydrogens (tertiary/aromatic N) is 1. The number of pyridine rings is 1. The number of hydrogen-bond donors (Lipinski definition) is 2. The lowest BCUT2D eigenvalue weighted by molar-refractivity contribution is 0.102. The summed E-state index contributed by atoms with van der Waals surface area (Å²) >= 11 is 5.69. The highest BCUT2D eigenvalue weighted by Crippen LogP contribution is 2.20. The van der Waals surface area contributed by atoms with Crippen LogP contribution in [-0.4, -0.2) is 17.4 Å². The Morgan fingerprint density at radius 2 is 2.05 bits per heavy atom. The predicted molar refractivity (Wildman–Crippen MR) is 86.9 cm³/mol. The number of halogens is 2. The second-order valence-electron chi connectivity index (χ2n) is 5.29. The van der Waals surface area contributed by atoms with Crippen LogP contribution in [0.4, 0.5) is 15.8 Å². The quantitative estimate of drug-likeness (QED) is 0.868. The molecule has 0 aliphatic rings. The highest BCUT2D eigenvalue weighted by atomic mass is 35.5. The standard InChI is InChI=1S/C16H17ClFN3O/c1-10(2)9-20-11-5-6-19-15(8-11)16(22)21-12-3-4-14(18)13(17)7-12/h3-8,10H,9H2,1-2H3,(H,19,20)(H,21,22). The third-order valence-corrected chi connectivity index (χ3v) is 3.17. The van der Waals surface area contributed by atoms with Crippen LogP contribution in [-0.2, 0) is 0 Å². The smallest absolute Gasteiger partial charge is 0.274 e. The number of anilines is 2. The number of carbonyl (C=O) groups excluding carboxylic acids is 1. The van der Waals surface area contributed by atoms with Gasteiger partial charge in [-0.25, -0.2) is 4.39 Å². The van der Waals surface area contributed by atoms with Gasteiger partial charge in [-0.05, 0) is 36.2 Å². The molecule has 0 aliphatic carbocycles. The lowest BCUT2D eigenvalue weighted by Crippen LogP contribution is -2.15. The van der Waals surface area contributed by atoms with E-state index in [9.17, 15) is 9.18 Å². The summed E-state index contributed by atoms with van der Waals surface area (Å²) in [6, 6.07) is 7.47. The van der Waals surface area contributed by atoms with Crippen molar-refractivity contribution < 1.29 is 9.18 Å². The summed E-state index contributed by atoms with van der Waals surface area (Å²) in [5, 5.41) is 5.82. The van der Waals surface area contributed by atoms with Gasteiger partial charge in [0.15, 0.2) is 0 Å². The van der Waals surface area contributed by atoms with Crippen LogP contribution in [0, 0.1) is 11.7 Å². The van der Waals surface area contributed by atoms with E-state index in [4.69, 9.17) is 11.6 Å². The average Bonchev–Trinajstić information content (AvgIpc) is 2.49. The molecule has 0 bridgehead atoms. The Bertz CT molecular complexity index is 676. The lowest BCUT2D eigenvalue weighted by Gasteiger charge is -2.10. The Kier molecular flexibility index (Phi) is 5.33. The molecule has 1 heterocycles. The first kappa shape index (κ1) is 16.2. The van der Waals surface area contributed by atoms with Crippen LogP contribution in [0.1, 0.15) is 24.3 Å². The summed E-state index contributed by atoms with van der Waals surface area (Å²) in [5.74, 6) is -0.416. The van der Waals surface area contributed by atoms with Crippen LogP contribution in [0.3, 0.4) is 0 Å². The highest BCUT2D eigenvalue weighted by Gasteiger charge is 2.10. The van der Waals surface area contributed by atoms with Gasteiger partial charge in [-0.1, -0.05) is 25.4 Å². The van der Waals surface area contributed by atoms with Gasteiger partial charge in [-0.2, -0.15) is 0 Å². The van der Waals surface area contributed by atoms with Crippen molar-refractivity contribution in [3.05, 3.63) is 53.1 Å². The minimum Gasteiger partial charge on any atom is -0.385 e. The SMILES string of the molecule is CC(C)CNc1ccnc(C(=O)Nc2ccc(F)c(Cl)c2)c1. The van der Waals surface area contributed by atoms with Crippen molar-refractivity contribution in [3.8, 4) is 0 Å². The van der Waals surface area contributed by atoms with Crippen LogP contribution in [0.15, 0.2) is 36.5 Å². The Morgan fingerprint density at radius 1 is 1.27 bits per heavy atom. The molecule has 116 valence electrons. The molecular formula is C16H17ClFN3O. The summed E-state index contributed by atoms with van der Waals surface area (Å²) in [6.07, 6.45) is 1.56. The number of benzene rings is 1. The molecule has 0 atom stereocenters. The molecule has 0 unspecified atom stereocenters. The van der Waals surface area contributed by atoms with E-state index in [1.807, 2.05) is 0 Å². The summed E-state index contributed by atoms with van der Waals surface area (Å²) in [6.45, 7) is 5.00. The summed E-state index contributed by atoms with van der Waals surface area (Å²) in [5.41, 5.74) is 1.51. The van der Waals surface area contributed by atoms with Gasteiger partial charge in [-0.15, -0.1) is 0 Å². The van der Waals surface area contributed by atoms with Gasteiger partial charge in [-0.3, -0.25) is 9.78 Å². The van der Waals surface area contributed by atoms with Crippen LogP contribution in [0.5, 0.6) is 0 Å². The van der Waals surface area contributed by atoms with Crippen molar-refractivity contribution in [2.45, 2.75) is 13.8 Å². The lowest BCUT2D eigenvalue weighted by atomic mass is 10.2. The van der Waals surface area contributed by atoms with Crippen LogP contribution >= 0.6 is 11.6 Å². The molecule has 1 aromatic carbocycles. The van der Waals surface area contributed by atoms with E-state index in [1.165, 1.54) is 18.2 Å². The van der Waals surface area contributed by atoms with Crippen molar-refractivity contribution in [3.63, 3.8) is 0 Å². The van der Waals surface area contributed by atoms with E-state index in [-0.39, 0.29) is 16.6 Å². The zero-order chi connectivity index (χ0) is 16.1. The normalized spacial score (nSPS) is 10.6. The first-order chi connectivity index (χ1) is 10.5. The van der Waals surface area contributed by atoms with E-state index in [2.05, 4.69) is 29.5 Å². The number of aromatic nitrogens is 1. The molecular weight excluding hydrogens is 305 g/mol. The van der Waals surface area contributed by atoms with E-state index in [1.54, 1.807) is 18.3 Å². The monoisotopic (exact) mass is 321 g/mol. The highest BCUT2D eigenvalue weighted by molar-refractivity contribution is 6.31. The molecule has 4 nitrogen and oxygen atoms in total. The largest absolute Gasteiger partial charge is 0.385 e. The Hall–Kier alpha value is -2.14. The van der Waals surface area contributed by atoms with Crippen molar-refractivity contribution in [1.82, 2.24) is 4.98 Å². The topological polar surface area (TPSA) is 54.0 Å². The van der Waals surface area contributed by atoms with Gasteiger partial charge in [0.2, 0.25) is 0 Å². The number of rotatable bonds is 5. The summed E-state index contributed by atoms with van der Waals surface area (Å²) in [4.78, 5) is 16.2. The Labute approximate surface area is 133 Å². The zero-order valence-electron chi connectivity index (χ0n) is 12.4. The van der Waals surface area contributed by atoms with Gasteiger partial charge < -0.3 is 10.6 Å². The molecule has 0 spiro atoms. The van der Waals surface area contributed by atoms with E-state index >= 15 is 0 Å². The minimum atomic E-state index is -0.530. The number of amides is 1. The molecule has 6 heteroatoms. The molecule has 1 amide bonds. The Balaban J connectivity index is 2.08. The molecule has 0 saturated carbocycles. The van der Waals surface area contributed by atoms with E-state index in [0.29, 0.717) is 11.6 Å². The average molecular weight is 322 g/mol. The number of hydrogen-bond acceptors (Lipinski definition) is 3. The van der Waals surface area contributed by atoms with Gasteiger partial charge in [0.1, 0.15) is 11.5 Å². The molecule has 1 aromatic heterocycles. The van der Waals surface area contributed by atoms with Crippen LogP contribution in [0.25, 0.3) is 0 Å². The fourth-order valence-electron chi connectivity index (χ4n) is 1.76.